The Morgan fingerprint density at radius 1 is 1.44 bits per heavy atom. The molecule has 0 saturated carbocycles. The van der Waals surface area contributed by atoms with Crippen LogP contribution in [-0.4, -0.2) is 49.3 Å². The largest absolute Gasteiger partial charge is 0.383 e. The number of likely N-dealkylation sites (tertiary alicyclic amines) is 1. The fraction of sp³-hybridized carbons (Fsp3) is 1.00. The van der Waals surface area contributed by atoms with Crippen molar-refractivity contribution in [2.75, 3.05) is 26.8 Å². The predicted octanol–water partition coefficient (Wildman–Crippen LogP) is 1.87. The Kier molecular flexibility index (Phi) is 5.22. The maximum atomic E-state index is 5.25. The van der Waals surface area contributed by atoms with E-state index in [2.05, 4.69) is 37.9 Å². The molecule has 0 aliphatic carbocycles. The van der Waals surface area contributed by atoms with Crippen LogP contribution in [0.2, 0.25) is 0 Å². The monoisotopic (exact) mass is 228 g/mol. The minimum Gasteiger partial charge on any atom is -0.383 e. The predicted molar refractivity (Wildman–Crippen MR) is 68.8 cm³/mol. The number of rotatable bonds is 5. The molecule has 1 saturated heterocycles. The van der Waals surface area contributed by atoms with Crippen LogP contribution in [0, 0.1) is 0 Å². The molecule has 0 amide bonds. The van der Waals surface area contributed by atoms with Crippen molar-refractivity contribution < 1.29 is 4.74 Å². The number of methoxy groups -OCH3 is 1. The normalized spacial score (nSPS) is 24.9. The quantitative estimate of drug-likeness (QED) is 0.777. The van der Waals surface area contributed by atoms with Crippen molar-refractivity contribution >= 4 is 0 Å². The summed E-state index contributed by atoms with van der Waals surface area (Å²) in [6.07, 6.45) is 2.64. The van der Waals surface area contributed by atoms with E-state index in [0.717, 1.165) is 13.2 Å². The van der Waals surface area contributed by atoms with Crippen molar-refractivity contribution in [3.8, 4) is 0 Å². The van der Waals surface area contributed by atoms with E-state index in [1.54, 1.807) is 7.11 Å². The van der Waals surface area contributed by atoms with E-state index in [0.29, 0.717) is 12.1 Å². The number of nitrogens with one attached hydrogen (secondary N) is 1. The van der Waals surface area contributed by atoms with Crippen LogP contribution >= 0.6 is 0 Å². The zero-order chi connectivity index (χ0) is 12.2. The highest BCUT2D eigenvalue weighted by Gasteiger charge is 2.28. The zero-order valence-corrected chi connectivity index (χ0v) is 11.5. The average molecular weight is 228 g/mol. The third-order valence-electron chi connectivity index (χ3n) is 3.26. The average Bonchev–Trinajstić information content (AvgIpc) is 2.61. The molecule has 1 aliphatic heterocycles. The molecule has 0 spiro atoms. The third kappa shape index (κ3) is 4.40. The topological polar surface area (TPSA) is 24.5 Å². The molecule has 0 radical (unpaired) electrons. The standard InChI is InChI=1S/C13H28N2O/c1-11(10-16-5)15-8-6-7-12(15)9-14-13(2,3)4/h11-12,14H,6-10H2,1-5H3. The van der Waals surface area contributed by atoms with Gasteiger partial charge >= 0.3 is 0 Å². The molecular formula is C13H28N2O. The Balaban J connectivity index is 2.40. The van der Waals surface area contributed by atoms with Crippen LogP contribution in [0.3, 0.4) is 0 Å². The van der Waals surface area contributed by atoms with E-state index in [-0.39, 0.29) is 5.54 Å². The highest BCUT2D eigenvalue weighted by molar-refractivity contribution is 4.86. The number of hydrogen-bond donors (Lipinski definition) is 1. The van der Waals surface area contributed by atoms with E-state index in [4.69, 9.17) is 4.74 Å². The van der Waals surface area contributed by atoms with Crippen molar-refractivity contribution in [2.24, 2.45) is 0 Å². The van der Waals surface area contributed by atoms with Gasteiger partial charge < -0.3 is 10.1 Å². The lowest BCUT2D eigenvalue weighted by molar-refractivity contribution is 0.0890. The summed E-state index contributed by atoms with van der Waals surface area (Å²) in [6, 6.07) is 1.23. The lowest BCUT2D eigenvalue weighted by atomic mass is 10.1. The van der Waals surface area contributed by atoms with Gasteiger partial charge in [0, 0.05) is 31.3 Å². The van der Waals surface area contributed by atoms with Gasteiger partial charge in [-0.05, 0) is 47.1 Å². The summed E-state index contributed by atoms with van der Waals surface area (Å²) in [7, 11) is 1.79. The first kappa shape index (κ1) is 13.9. The fourth-order valence-corrected chi connectivity index (χ4v) is 2.42. The molecule has 96 valence electrons. The second-order valence-electron chi connectivity index (χ2n) is 5.97. The summed E-state index contributed by atoms with van der Waals surface area (Å²) < 4.78 is 5.25. The number of ether oxygens (including phenoxy) is 1. The van der Waals surface area contributed by atoms with Crippen LogP contribution < -0.4 is 5.32 Å². The minimum absolute atomic E-state index is 0.221. The van der Waals surface area contributed by atoms with Gasteiger partial charge in [0.2, 0.25) is 0 Å². The van der Waals surface area contributed by atoms with Crippen LogP contribution in [0.15, 0.2) is 0 Å². The highest BCUT2D eigenvalue weighted by atomic mass is 16.5. The van der Waals surface area contributed by atoms with Gasteiger partial charge in [-0.1, -0.05) is 0 Å². The maximum Gasteiger partial charge on any atom is 0.0615 e. The molecule has 1 rings (SSSR count). The van der Waals surface area contributed by atoms with Gasteiger partial charge in [-0.25, -0.2) is 0 Å². The second-order valence-corrected chi connectivity index (χ2v) is 5.97. The Morgan fingerprint density at radius 3 is 2.69 bits per heavy atom. The second kappa shape index (κ2) is 5.99. The summed E-state index contributed by atoms with van der Waals surface area (Å²) >= 11 is 0. The van der Waals surface area contributed by atoms with Gasteiger partial charge in [0.05, 0.1) is 6.61 Å². The minimum atomic E-state index is 0.221. The van der Waals surface area contributed by atoms with Crippen LogP contribution in [-0.2, 0) is 4.74 Å². The summed E-state index contributed by atoms with van der Waals surface area (Å²) in [5.74, 6) is 0. The van der Waals surface area contributed by atoms with E-state index in [1.807, 2.05) is 0 Å². The molecule has 0 aromatic heterocycles. The summed E-state index contributed by atoms with van der Waals surface area (Å²) in [5, 5.41) is 3.61. The molecule has 1 aliphatic rings. The molecule has 0 aromatic carbocycles. The van der Waals surface area contributed by atoms with Gasteiger partial charge in [0.25, 0.3) is 0 Å². The van der Waals surface area contributed by atoms with Crippen LogP contribution in [0.1, 0.15) is 40.5 Å². The highest BCUT2D eigenvalue weighted by Crippen LogP contribution is 2.20. The maximum absolute atomic E-state index is 5.25. The first-order valence-corrected chi connectivity index (χ1v) is 6.44. The lowest BCUT2D eigenvalue weighted by Crippen LogP contribution is -2.48. The van der Waals surface area contributed by atoms with Crippen LogP contribution in [0.5, 0.6) is 0 Å². The SMILES string of the molecule is COCC(C)N1CCCC1CNC(C)(C)C. The van der Waals surface area contributed by atoms with Gasteiger partial charge in [-0.15, -0.1) is 0 Å². The Morgan fingerprint density at radius 2 is 2.12 bits per heavy atom. The Labute approximate surface area is 101 Å². The first-order valence-electron chi connectivity index (χ1n) is 6.44. The summed E-state index contributed by atoms with van der Waals surface area (Å²) in [4.78, 5) is 2.59. The molecule has 0 bridgehead atoms. The number of hydrogen-bond acceptors (Lipinski definition) is 3. The fourth-order valence-electron chi connectivity index (χ4n) is 2.42. The van der Waals surface area contributed by atoms with Crippen molar-refractivity contribution in [2.45, 2.75) is 58.2 Å². The van der Waals surface area contributed by atoms with E-state index in [1.165, 1.54) is 19.4 Å². The van der Waals surface area contributed by atoms with Gasteiger partial charge in [-0.3, -0.25) is 4.90 Å². The molecular weight excluding hydrogens is 200 g/mol. The van der Waals surface area contributed by atoms with Gasteiger partial charge in [0.15, 0.2) is 0 Å². The Hall–Kier alpha value is -0.120. The Bertz CT molecular complexity index is 201. The van der Waals surface area contributed by atoms with E-state index >= 15 is 0 Å². The first-order chi connectivity index (χ1) is 7.44. The van der Waals surface area contributed by atoms with Crippen LogP contribution in [0.25, 0.3) is 0 Å². The molecule has 2 atom stereocenters. The van der Waals surface area contributed by atoms with E-state index in [9.17, 15) is 0 Å². The molecule has 3 heteroatoms. The van der Waals surface area contributed by atoms with Crippen LogP contribution in [0.4, 0.5) is 0 Å². The molecule has 0 aromatic rings. The smallest absolute Gasteiger partial charge is 0.0615 e. The van der Waals surface area contributed by atoms with Crippen molar-refractivity contribution in [1.29, 1.82) is 0 Å². The van der Waals surface area contributed by atoms with Gasteiger partial charge in [-0.2, -0.15) is 0 Å². The molecule has 1 heterocycles. The molecule has 3 nitrogen and oxygen atoms in total. The molecule has 1 N–H and O–H groups in total. The zero-order valence-electron chi connectivity index (χ0n) is 11.5. The summed E-state index contributed by atoms with van der Waals surface area (Å²) in [5.41, 5.74) is 0.221. The number of nitrogens with zero attached hydrogens (tertiary/aromatic N) is 1. The molecule has 2 unspecified atom stereocenters. The molecule has 1 fully saturated rings. The summed E-state index contributed by atoms with van der Waals surface area (Å²) in [6.45, 7) is 12.1. The van der Waals surface area contributed by atoms with Gasteiger partial charge in [0.1, 0.15) is 0 Å². The molecule has 16 heavy (non-hydrogen) atoms. The van der Waals surface area contributed by atoms with Crippen molar-refractivity contribution in [3.05, 3.63) is 0 Å². The van der Waals surface area contributed by atoms with Crippen molar-refractivity contribution in [1.82, 2.24) is 10.2 Å². The van der Waals surface area contributed by atoms with Crippen molar-refractivity contribution in [3.63, 3.8) is 0 Å². The van der Waals surface area contributed by atoms with E-state index < -0.39 is 0 Å². The third-order valence-corrected chi connectivity index (χ3v) is 3.26. The lowest BCUT2D eigenvalue weighted by Gasteiger charge is -2.32.